The molecule has 0 aromatic heterocycles. The normalized spacial score (nSPS) is 11.9. The first-order valence-corrected chi connectivity index (χ1v) is 6.20. The SMILES string of the molecule is CC=C(C)C(=O)O[SiH](C)C. The predicted molar refractivity (Wildman–Crippen MR) is 44.4 cm³/mol. The van der Waals surface area contributed by atoms with E-state index in [9.17, 15) is 4.79 Å². The second-order valence-electron chi connectivity index (χ2n) is 2.43. The highest BCUT2D eigenvalue weighted by Gasteiger charge is 2.06. The maximum atomic E-state index is 10.9. The Bertz CT molecular complexity index is 150. The average Bonchev–Trinajstić information content (AvgIpc) is 1.85. The van der Waals surface area contributed by atoms with Gasteiger partial charge >= 0.3 is 5.97 Å². The van der Waals surface area contributed by atoms with Gasteiger partial charge in [-0.25, -0.2) is 4.79 Å². The van der Waals surface area contributed by atoms with E-state index in [-0.39, 0.29) is 5.97 Å². The van der Waals surface area contributed by atoms with Crippen LogP contribution in [0.3, 0.4) is 0 Å². The summed E-state index contributed by atoms with van der Waals surface area (Å²) in [6, 6.07) is 0. The van der Waals surface area contributed by atoms with E-state index in [4.69, 9.17) is 4.43 Å². The largest absolute Gasteiger partial charge is 0.519 e. The van der Waals surface area contributed by atoms with Gasteiger partial charge in [0, 0.05) is 5.57 Å². The van der Waals surface area contributed by atoms with Crippen molar-refractivity contribution in [1.82, 2.24) is 0 Å². The lowest BCUT2D eigenvalue weighted by Crippen LogP contribution is -2.15. The van der Waals surface area contributed by atoms with E-state index in [0.29, 0.717) is 5.57 Å². The van der Waals surface area contributed by atoms with Gasteiger partial charge in [-0.15, -0.1) is 0 Å². The molecule has 0 amide bonds. The minimum Gasteiger partial charge on any atom is -0.519 e. The first-order valence-electron chi connectivity index (χ1n) is 3.41. The predicted octanol–water partition coefficient (Wildman–Crippen LogP) is 1.48. The van der Waals surface area contributed by atoms with Gasteiger partial charge in [0.05, 0.1) is 0 Å². The molecule has 0 aromatic carbocycles. The van der Waals surface area contributed by atoms with Crippen molar-refractivity contribution in [1.29, 1.82) is 0 Å². The van der Waals surface area contributed by atoms with E-state index < -0.39 is 9.04 Å². The van der Waals surface area contributed by atoms with Crippen LogP contribution in [0.15, 0.2) is 11.6 Å². The molecular weight excluding hydrogens is 144 g/mol. The molecule has 0 aliphatic carbocycles. The standard InChI is InChI=1S/C7H14O2Si/c1-5-6(2)7(8)9-10(3)4/h5,10H,1-4H3. The van der Waals surface area contributed by atoms with Crippen LogP contribution < -0.4 is 0 Å². The molecule has 2 nitrogen and oxygen atoms in total. The Kier molecular flexibility index (Phi) is 4.03. The van der Waals surface area contributed by atoms with Gasteiger partial charge in [-0.05, 0) is 26.9 Å². The molecule has 10 heavy (non-hydrogen) atoms. The molecule has 0 unspecified atom stereocenters. The average molecular weight is 158 g/mol. The van der Waals surface area contributed by atoms with Gasteiger partial charge in [-0.2, -0.15) is 0 Å². The van der Waals surface area contributed by atoms with Gasteiger partial charge in [0.1, 0.15) is 0 Å². The number of allylic oxidation sites excluding steroid dienone is 1. The number of carbonyl (C=O) groups excluding carboxylic acids is 1. The van der Waals surface area contributed by atoms with Crippen LogP contribution in [0.2, 0.25) is 13.1 Å². The number of rotatable bonds is 2. The second-order valence-corrected chi connectivity index (χ2v) is 4.76. The molecule has 0 fully saturated rings. The van der Waals surface area contributed by atoms with Crippen molar-refractivity contribution in [2.45, 2.75) is 26.9 Å². The first kappa shape index (κ1) is 9.43. The van der Waals surface area contributed by atoms with Crippen LogP contribution in [-0.2, 0) is 9.22 Å². The molecule has 0 aromatic rings. The molecule has 3 heteroatoms. The fraction of sp³-hybridized carbons (Fsp3) is 0.571. The van der Waals surface area contributed by atoms with E-state index in [2.05, 4.69) is 0 Å². The van der Waals surface area contributed by atoms with Crippen LogP contribution >= 0.6 is 0 Å². The lowest BCUT2D eigenvalue weighted by Gasteiger charge is -2.06. The molecule has 0 heterocycles. The third kappa shape index (κ3) is 3.45. The molecule has 0 aliphatic rings. The summed E-state index contributed by atoms with van der Waals surface area (Å²) in [4.78, 5) is 10.9. The Morgan fingerprint density at radius 2 is 2.00 bits per heavy atom. The fourth-order valence-electron chi connectivity index (χ4n) is 0.425. The highest BCUT2D eigenvalue weighted by atomic mass is 28.3. The van der Waals surface area contributed by atoms with Crippen LogP contribution in [0.25, 0.3) is 0 Å². The van der Waals surface area contributed by atoms with Crippen molar-refractivity contribution in [2.24, 2.45) is 0 Å². The summed E-state index contributed by atoms with van der Waals surface area (Å²) in [5.74, 6) is -0.163. The summed E-state index contributed by atoms with van der Waals surface area (Å²) >= 11 is 0. The zero-order chi connectivity index (χ0) is 8.15. The van der Waals surface area contributed by atoms with Crippen molar-refractivity contribution in [2.75, 3.05) is 0 Å². The molecule has 0 radical (unpaired) electrons. The van der Waals surface area contributed by atoms with Crippen molar-refractivity contribution < 1.29 is 9.22 Å². The zero-order valence-corrected chi connectivity index (χ0v) is 8.13. The highest BCUT2D eigenvalue weighted by Crippen LogP contribution is 1.97. The Balaban J connectivity index is 3.86. The van der Waals surface area contributed by atoms with Crippen molar-refractivity contribution in [3.05, 3.63) is 11.6 Å². The van der Waals surface area contributed by atoms with E-state index in [1.807, 2.05) is 20.0 Å². The lowest BCUT2D eigenvalue weighted by atomic mass is 10.3. The Morgan fingerprint density at radius 3 is 2.30 bits per heavy atom. The second kappa shape index (κ2) is 4.28. The summed E-state index contributed by atoms with van der Waals surface area (Å²) in [5.41, 5.74) is 0.696. The maximum Gasteiger partial charge on any atom is 0.319 e. The van der Waals surface area contributed by atoms with Crippen molar-refractivity contribution >= 4 is 15.0 Å². The summed E-state index contributed by atoms with van der Waals surface area (Å²) in [5, 5.41) is 0. The monoisotopic (exact) mass is 158 g/mol. The highest BCUT2D eigenvalue weighted by molar-refractivity contribution is 6.51. The lowest BCUT2D eigenvalue weighted by molar-refractivity contribution is -0.130. The molecule has 0 rings (SSSR count). The molecule has 0 saturated carbocycles. The summed E-state index contributed by atoms with van der Waals surface area (Å²) in [6.07, 6.45) is 1.76. The topological polar surface area (TPSA) is 26.3 Å². The van der Waals surface area contributed by atoms with Gasteiger partial charge in [0.25, 0.3) is 0 Å². The van der Waals surface area contributed by atoms with Gasteiger partial charge in [0.2, 0.25) is 9.04 Å². The Morgan fingerprint density at radius 1 is 1.50 bits per heavy atom. The van der Waals surface area contributed by atoms with E-state index >= 15 is 0 Å². The summed E-state index contributed by atoms with van der Waals surface area (Å²) in [6.45, 7) is 7.54. The summed E-state index contributed by atoms with van der Waals surface area (Å²) in [7, 11) is -1.19. The smallest absolute Gasteiger partial charge is 0.319 e. The minimum atomic E-state index is -1.19. The molecule has 0 spiro atoms. The van der Waals surface area contributed by atoms with E-state index in [0.717, 1.165) is 0 Å². The molecule has 0 bridgehead atoms. The van der Waals surface area contributed by atoms with Crippen LogP contribution in [0.4, 0.5) is 0 Å². The molecule has 58 valence electrons. The van der Waals surface area contributed by atoms with Gasteiger partial charge in [-0.1, -0.05) is 6.08 Å². The van der Waals surface area contributed by atoms with Crippen molar-refractivity contribution in [3.8, 4) is 0 Å². The Labute approximate surface area is 63.6 Å². The number of carbonyl (C=O) groups is 1. The third-order valence-electron chi connectivity index (χ3n) is 1.10. The molecule has 0 N–H and O–H groups in total. The maximum absolute atomic E-state index is 10.9. The molecule has 0 atom stereocenters. The van der Waals surface area contributed by atoms with Crippen LogP contribution in [0, 0.1) is 0 Å². The van der Waals surface area contributed by atoms with Crippen molar-refractivity contribution in [3.63, 3.8) is 0 Å². The first-order chi connectivity index (χ1) is 4.57. The van der Waals surface area contributed by atoms with Crippen LogP contribution in [-0.4, -0.2) is 15.0 Å². The Hall–Kier alpha value is -0.573. The molecular formula is C7H14O2Si. The zero-order valence-electron chi connectivity index (χ0n) is 6.97. The van der Waals surface area contributed by atoms with Crippen LogP contribution in [0.5, 0.6) is 0 Å². The fourth-order valence-corrected chi connectivity index (χ4v) is 1.04. The molecule has 0 aliphatic heterocycles. The van der Waals surface area contributed by atoms with Crippen LogP contribution in [0.1, 0.15) is 13.8 Å². The van der Waals surface area contributed by atoms with E-state index in [1.54, 1.807) is 13.0 Å². The quantitative estimate of drug-likeness (QED) is 0.449. The number of hydrogen-bond donors (Lipinski definition) is 0. The minimum absolute atomic E-state index is 0.163. The third-order valence-corrected chi connectivity index (χ3v) is 1.78. The molecule has 0 saturated heterocycles. The van der Waals surface area contributed by atoms with Gasteiger partial charge < -0.3 is 4.43 Å². The summed E-state index contributed by atoms with van der Waals surface area (Å²) < 4.78 is 5.03. The van der Waals surface area contributed by atoms with E-state index in [1.165, 1.54) is 0 Å². The van der Waals surface area contributed by atoms with Gasteiger partial charge in [0.15, 0.2) is 0 Å². The van der Waals surface area contributed by atoms with Gasteiger partial charge in [-0.3, -0.25) is 0 Å². The number of hydrogen-bond acceptors (Lipinski definition) is 2.